The van der Waals surface area contributed by atoms with Crippen molar-refractivity contribution in [2.24, 2.45) is 35.5 Å². The smallest absolute Gasteiger partial charge is 0.250 e. The highest BCUT2D eigenvalue weighted by Crippen LogP contribution is 2.29. The van der Waals surface area contributed by atoms with E-state index < -0.39 is 173 Å². The predicted octanol–water partition coefficient (Wildman–Crippen LogP) is 3.19. The van der Waals surface area contributed by atoms with Crippen molar-refractivity contribution in [2.75, 3.05) is 80.5 Å². The van der Waals surface area contributed by atoms with Crippen molar-refractivity contribution in [3.05, 3.63) is 12.2 Å². The number of likely N-dealkylation sites (N-methyl/N-ethyl adjacent to an activating group) is 7. The van der Waals surface area contributed by atoms with Crippen LogP contribution in [0.1, 0.15) is 163 Å². The number of fused-ring (bicyclic) bond motifs is 2. The van der Waals surface area contributed by atoms with Crippen LogP contribution in [0, 0.1) is 35.5 Å². The van der Waals surface area contributed by atoms with E-state index in [1.165, 1.54) is 92.6 Å². The van der Waals surface area contributed by atoms with Crippen LogP contribution in [-0.4, -0.2) is 278 Å². The minimum Gasteiger partial charge on any atom is -0.616 e. The summed E-state index contributed by atoms with van der Waals surface area (Å²) in [6.45, 7) is 33.6. The number of carbonyl (C=O) groups is 11. The number of nitrogens with one attached hydrogen (secondary N) is 3. The number of carbonyl (C=O) groups excluding carboxylic acids is 11. The standard InChI is InChI=1S/C68H122N12O13S/c1-26-30-31-44(15)57(81)56-60(84)70-48(27-2)62(86)76(23)53(38-94(93)33-32-79(28-3)29-4)65(89)72(19)49(34-39(5)6)59(83)71-54(42(11)12)67(91)75(22)52-37-45(16)80(66(52)90)47(18)58(82)69-46(17)61(85)73(20)50(35-40(7)8)63(87)74(21)51(36-41(9)10)64(88)77(24)55(43(13)14)68(92)78(56)25/h26,30,39-57,81H,27-29,31-38H2,1-25H3,(H,69,82)(H,70,84)(H,71,83)/b30-26+/t44-,45?,46+,47-,48-,49+,50-,51-,52-,53-,54-,55-,56-,57-,94?/m1/s1. The fraction of sp³-hybridized carbons (Fsp3) is 0.809. The van der Waals surface area contributed by atoms with Crippen molar-refractivity contribution < 1.29 is 62.4 Å². The Hall–Kier alpha value is -5.86. The molecule has 2 rings (SSSR count). The van der Waals surface area contributed by atoms with E-state index in [1.807, 2.05) is 55.4 Å². The van der Waals surface area contributed by atoms with Crippen LogP contribution in [0.3, 0.4) is 0 Å². The molecule has 11 amide bonds. The van der Waals surface area contributed by atoms with Gasteiger partial charge in [-0.2, -0.15) is 0 Å². The second kappa shape index (κ2) is 38.2. The van der Waals surface area contributed by atoms with Gasteiger partial charge in [0, 0.05) is 61.9 Å². The third-order valence-electron chi connectivity index (χ3n) is 18.9. The van der Waals surface area contributed by atoms with E-state index in [4.69, 9.17) is 0 Å². The first-order chi connectivity index (χ1) is 43.6. The summed E-state index contributed by atoms with van der Waals surface area (Å²) in [5.41, 5.74) is 0. The number of hydrogen-bond acceptors (Lipinski definition) is 14. The van der Waals surface area contributed by atoms with E-state index in [0.29, 0.717) is 19.6 Å². The van der Waals surface area contributed by atoms with Crippen LogP contribution in [0.4, 0.5) is 0 Å². The molecule has 0 radical (unpaired) electrons. The van der Waals surface area contributed by atoms with Crippen LogP contribution in [0.15, 0.2) is 12.2 Å². The zero-order valence-corrected chi connectivity index (χ0v) is 62.5. The second-order valence-electron chi connectivity index (χ2n) is 28.3. The molecule has 2 aliphatic heterocycles. The summed E-state index contributed by atoms with van der Waals surface area (Å²) < 4.78 is 14.3. The molecule has 538 valence electrons. The quantitative estimate of drug-likeness (QED) is 0.101. The van der Waals surface area contributed by atoms with Crippen LogP contribution in [-0.2, 0) is 63.9 Å². The molecular formula is C68H122N12O13S. The highest BCUT2D eigenvalue weighted by molar-refractivity contribution is 7.91. The average molecular weight is 1350 g/mol. The Kier molecular flexibility index (Phi) is 34.2. The summed E-state index contributed by atoms with van der Waals surface area (Å²) in [4.78, 5) is 176. The molecule has 0 saturated carbocycles. The van der Waals surface area contributed by atoms with Gasteiger partial charge in [0.15, 0.2) is 6.04 Å². The Morgan fingerprint density at radius 1 is 0.543 bits per heavy atom. The fourth-order valence-corrected chi connectivity index (χ4v) is 14.0. The number of allylic oxidation sites excluding steroid dienone is 2. The Morgan fingerprint density at radius 2 is 1.01 bits per heavy atom. The molecule has 0 aromatic carbocycles. The van der Waals surface area contributed by atoms with Gasteiger partial charge in [-0.1, -0.05) is 109 Å². The first-order valence-electron chi connectivity index (χ1n) is 34.1. The van der Waals surface area contributed by atoms with Gasteiger partial charge in [0.1, 0.15) is 71.9 Å². The largest absolute Gasteiger partial charge is 0.616 e. The first kappa shape index (κ1) is 84.2. The van der Waals surface area contributed by atoms with E-state index in [2.05, 4.69) is 20.9 Å². The minimum atomic E-state index is -1.74. The van der Waals surface area contributed by atoms with Crippen molar-refractivity contribution in [3.8, 4) is 0 Å². The van der Waals surface area contributed by atoms with Gasteiger partial charge in [0.25, 0.3) is 5.91 Å². The van der Waals surface area contributed by atoms with Gasteiger partial charge in [0.05, 0.1) is 6.10 Å². The summed E-state index contributed by atoms with van der Waals surface area (Å²) in [6.07, 6.45) is 2.71. The Morgan fingerprint density at radius 3 is 1.49 bits per heavy atom. The summed E-state index contributed by atoms with van der Waals surface area (Å²) >= 11 is -1.74. The van der Waals surface area contributed by atoms with Crippen molar-refractivity contribution in [1.82, 2.24) is 60.0 Å². The maximum atomic E-state index is 15.4. The van der Waals surface area contributed by atoms with E-state index in [0.717, 1.165) is 9.80 Å². The topological polar surface area (TPSA) is 296 Å². The Bertz CT molecular complexity index is 2600. The van der Waals surface area contributed by atoms with Gasteiger partial charge in [-0.25, -0.2) is 0 Å². The Labute approximate surface area is 566 Å². The monoisotopic (exact) mass is 1350 g/mol. The lowest BCUT2D eigenvalue weighted by Gasteiger charge is -2.41. The number of aliphatic hydroxyl groups excluding tert-OH is 1. The third-order valence-corrected chi connectivity index (χ3v) is 20.2. The number of hydrogen-bond donors (Lipinski definition) is 4. The van der Waals surface area contributed by atoms with Gasteiger partial charge in [0.2, 0.25) is 59.1 Å². The summed E-state index contributed by atoms with van der Waals surface area (Å²) in [5, 5.41) is 20.7. The van der Waals surface area contributed by atoms with Crippen LogP contribution >= 0.6 is 0 Å². The molecule has 2 fully saturated rings. The van der Waals surface area contributed by atoms with Gasteiger partial charge in [-0.3, -0.25) is 57.6 Å². The van der Waals surface area contributed by atoms with Gasteiger partial charge in [-0.15, -0.1) is 0 Å². The molecule has 2 unspecified atom stereocenters. The molecule has 2 heterocycles. The lowest BCUT2D eigenvalue weighted by Crippen LogP contribution is -2.64. The predicted molar refractivity (Wildman–Crippen MR) is 366 cm³/mol. The molecule has 26 heteroatoms. The van der Waals surface area contributed by atoms with Crippen LogP contribution in [0.2, 0.25) is 0 Å². The molecule has 0 aliphatic carbocycles. The van der Waals surface area contributed by atoms with Crippen LogP contribution in [0.25, 0.3) is 0 Å². The van der Waals surface area contributed by atoms with E-state index >= 15 is 28.8 Å². The fourth-order valence-electron chi connectivity index (χ4n) is 12.7. The normalized spacial score (nSPS) is 28.0. The van der Waals surface area contributed by atoms with E-state index in [9.17, 15) is 33.6 Å². The third kappa shape index (κ3) is 21.8. The summed E-state index contributed by atoms with van der Waals surface area (Å²) in [5.74, 6) is -10.2. The molecule has 0 aromatic rings. The maximum Gasteiger partial charge on any atom is 0.250 e. The molecule has 2 saturated heterocycles. The summed E-state index contributed by atoms with van der Waals surface area (Å²) in [7, 11) is 9.89. The highest BCUT2D eigenvalue weighted by Gasteiger charge is 2.49. The Balaban J connectivity index is 3.12. The molecule has 25 nitrogen and oxygen atoms in total. The molecule has 2 aliphatic rings. The molecule has 0 aromatic heterocycles. The molecular weight excluding hydrogens is 1220 g/mol. The van der Waals surface area contributed by atoms with E-state index in [-0.39, 0.29) is 67.8 Å². The maximum absolute atomic E-state index is 15.4. The first-order valence-corrected chi connectivity index (χ1v) is 35.6. The number of nitrogens with zero attached hydrogens (tertiary/aromatic N) is 9. The zero-order valence-electron chi connectivity index (χ0n) is 61.7. The molecule has 2 bridgehead atoms. The lowest BCUT2D eigenvalue weighted by atomic mass is 9.91. The number of rotatable bonds is 20. The van der Waals surface area contributed by atoms with Gasteiger partial charge in [-0.05, 0) is 126 Å². The molecule has 15 atom stereocenters. The molecule has 4 N–H and O–H groups in total. The zero-order chi connectivity index (χ0) is 72.4. The van der Waals surface area contributed by atoms with Crippen LogP contribution < -0.4 is 16.0 Å². The lowest BCUT2D eigenvalue weighted by molar-refractivity contribution is -0.157. The second-order valence-corrected chi connectivity index (χ2v) is 29.9. The highest BCUT2D eigenvalue weighted by atomic mass is 32.2. The van der Waals surface area contributed by atoms with Gasteiger partial charge >= 0.3 is 0 Å². The number of aliphatic hydroxyl groups is 1. The SMILES string of the molecule is C/C=C/C[C@@H](C)[C@@H](O)[C@@H]1C(=O)N[C@H](CC)C(=O)N(C)[C@H](C[S+]([O-])CCN(CC)CC)C(=O)N(C)[C@@H](CC(C)C)C(=O)N[C@H](C(C)C)C(=O)N(C)[C@@H]2CC(C)N(C2=O)[C@H](C)C(=O)N[C@@H](C)C(=O)N(C)[C@H](CC(C)C)C(=O)N(C)[C@H](CC(C)C)C(=O)N(C)[C@H](C(C)C)C(=O)N1C. The summed E-state index contributed by atoms with van der Waals surface area (Å²) in [6, 6.07) is -14.7. The van der Waals surface area contributed by atoms with Crippen molar-refractivity contribution >= 4 is 76.2 Å². The van der Waals surface area contributed by atoms with Crippen molar-refractivity contribution in [1.29, 1.82) is 0 Å². The minimum absolute atomic E-state index is 0.0590. The van der Waals surface area contributed by atoms with Gasteiger partial charge < -0.3 is 64.8 Å². The molecule has 94 heavy (non-hydrogen) atoms. The van der Waals surface area contributed by atoms with Crippen molar-refractivity contribution in [3.63, 3.8) is 0 Å². The average Bonchev–Trinajstić information content (AvgIpc) is 1.45. The van der Waals surface area contributed by atoms with Crippen LogP contribution in [0.5, 0.6) is 0 Å². The van der Waals surface area contributed by atoms with E-state index in [1.54, 1.807) is 67.5 Å². The number of amides is 11. The van der Waals surface area contributed by atoms with Crippen molar-refractivity contribution in [2.45, 2.75) is 242 Å². The molecule has 0 spiro atoms.